The summed E-state index contributed by atoms with van der Waals surface area (Å²) in [4.78, 5) is 29.8. The molecule has 1 saturated heterocycles. The molecule has 3 rings (SSSR count). The van der Waals surface area contributed by atoms with Crippen LogP contribution in [0.25, 0.3) is 0 Å². The third kappa shape index (κ3) is 6.48. The second-order valence-corrected chi connectivity index (χ2v) is 7.01. The molecule has 2 amide bonds. The predicted molar refractivity (Wildman–Crippen MR) is 108 cm³/mol. The standard InChI is InChI=1S/C22H27N3O4/c1-17(26)25-11-9-19(10-12-25)22(27)24-16-18-7-8-21(23-15-18)29-14-13-28-20-5-3-2-4-6-20/h2-8,15,19H,9-14,16H2,1H3,(H,24,27). The van der Waals surface area contributed by atoms with Crippen molar-refractivity contribution in [2.75, 3.05) is 26.3 Å². The molecule has 2 aromatic rings. The van der Waals surface area contributed by atoms with E-state index < -0.39 is 0 Å². The predicted octanol–water partition coefficient (Wildman–Crippen LogP) is 2.41. The summed E-state index contributed by atoms with van der Waals surface area (Å²) in [5.41, 5.74) is 0.910. The zero-order valence-electron chi connectivity index (χ0n) is 16.7. The smallest absolute Gasteiger partial charge is 0.223 e. The number of para-hydroxylation sites is 1. The second kappa shape index (κ2) is 10.5. The van der Waals surface area contributed by atoms with Gasteiger partial charge in [0.1, 0.15) is 19.0 Å². The van der Waals surface area contributed by atoms with Crippen molar-refractivity contribution in [3.8, 4) is 11.6 Å². The Labute approximate surface area is 171 Å². The average molecular weight is 397 g/mol. The molecular formula is C22H27N3O4. The van der Waals surface area contributed by atoms with E-state index in [0.717, 1.165) is 11.3 Å². The third-order valence-corrected chi connectivity index (χ3v) is 4.92. The van der Waals surface area contributed by atoms with E-state index >= 15 is 0 Å². The molecule has 2 heterocycles. The van der Waals surface area contributed by atoms with Crippen molar-refractivity contribution in [2.45, 2.75) is 26.3 Å². The number of likely N-dealkylation sites (tertiary alicyclic amines) is 1. The van der Waals surface area contributed by atoms with Crippen molar-refractivity contribution in [3.63, 3.8) is 0 Å². The maximum absolute atomic E-state index is 12.3. The van der Waals surface area contributed by atoms with Crippen LogP contribution in [0, 0.1) is 5.92 Å². The van der Waals surface area contributed by atoms with Crippen LogP contribution in [0.3, 0.4) is 0 Å². The lowest BCUT2D eigenvalue weighted by atomic mass is 9.96. The number of benzene rings is 1. The molecule has 0 aliphatic carbocycles. The highest BCUT2D eigenvalue weighted by Gasteiger charge is 2.25. The van der Waals surface area contributed by atoms with Crippen LogP contribution in [-0.4, -0.2) is 48.0 Å². The van der Waals surface area contributed by atoms with E-state index in [9.17, 15) is 9.59 Å². The van der Waals surface area contributed by atoms with Crippen LogP contribution >= 0.6 is 0 Å². The van der Waals surface area contributed by atoms with Gasteiger partial charge < -0.3 is 19.7 Å². The highest BCUT2D eigenvalue weighted by Crippen LogP contribution is 2.17. The van der Waals surface area contributed by atoms with Gasteiger partial charge in [-0.3, -0.25) is 9.59 Å². The number of pyridine rings is 1. The van der Waals surface area contributed by atoms with Gasteiger partial charge in [0, 0.05) is 44.7 Å². The fraction of sp³-hybridized carbons (Fsp3) is 0.409. The molecule has 1 N–H and O–H groups in total. The molecule has 1 aromatic carbocycles. The van der Waals surface area contributed by atoms with Gasteiger partial charge in [-0.15, -0.1) is 0 Å². The van der Waals surface area contributed by atoms with Gasteiger partial charge in [-0.2, -0.15) is 0 Å². The molecule has 1 fully saturated rings. The first-order chi connectivity index (χ1) is 14.1. The number of nitrogens with one attached hydrogen (secondary N) is 1. The highest BCUT2D eigenvalue weighted by atomic mass is 16.5. The molecule has 1 aliphatic heterocycles. The van der Waals surface area contributed by atoms with Crippen LogP contribution in [0.1, 0.15) is 25.3 Å². The SMILES string of the molecule is CC(=O)N1CCC(C(=O)NCc2ccc(OCCOc3ccccc3)nc2)CC1. The van der Waals surface area contributed by atoms with E-state index in [2.05, 4.69) is 10.3 Å². The first kappa shape index (κ1) is 20.6. The van der Waals surface area contributed by atoms with Gasteiger partial charge in [-0.05, 0) is 30.5 Å². The third-order valence-electron chi connectivity index (χ3n) is 4.92. The maximum atomic E-state index is 12.3. The number of rotatable bonds is 8. The fourth-order valence-corrected chi connectivity index (χ4v) is 3.21. The Morgan fingerprint density at radius 3 is 2.45 bits per heavy atom. The molecule has 0 saturated carbocycles. The van der Waals surface area contributed by atoms with Crippen molar-refractivity contribution in [1.29, 1.82) is 0 Å². The average Bonchev–Trinajstić information content (AvgIpc) is 2.76. The number of piperidine rings is 1. The number of hydrogen-bond donors (Lipinski definition) is 1. The zero-order valence-corrected chi connectivity index (χ0v) is 16.7. The van der Waals surface area contributed by atoms with Gasteiger partial charge in [-0.1, -0.05) is 24.3 Å². The van der Waals surface area contributed by atoms with Gasteiger partial charge in [0.15, 0.2) is 0 Å². The molecule has 29 heavy (non-hydrogen) atoms. The summed E-state index contributed by atoms with van der Waals surface area (Å²) < 4.78 is 11.1. The van der Waals surface area contributed by atoms with E-state index in [1.165, 1.54) is 0 Å². The Bertz CT molecular complexity index is 787. The molecule has 7 nitrogen and oxygen atoms in total. The van der Waals surface area contributed by atoms with Gasteiger partial charge in [0.05, 0.1) is 0 Å². The number of aromatic nitrogens is 1. The Morgan fingerprint density at radius 1 is 1.07 bits per heavy atom. The number of nitrogens with zero attached hydrogens (tertiary/aromatic N) is 2. The van der Waals surface area contributed by atoms with Crippen LogP contribution in [-0.2, 0) is 16.1 Å². The van der Waals surface area contributed by atoms with E-state index in [1.807, 2.05) is 36.4 Å². The summed E-state index contributed by atoms with van der Waals surface area (Å²) in [5, 5.41) is 2.96. The molecular weight excluding hydrogens is 370 g/mol. The lowest BCUT2D eigenvalue weighted by Crippen LogP contribution is -2.42. The minimum atomic E-state index is -0.0363. The molecule has 0 radical (unpaired) electrons. The van der Waals surface area contributed by atoms with E-state index in [-0.39, 0.29) is 17.7 Å². The van der Waals surface area contributed by atoms with Gasteiger partial charge >= 0.3 is 0 Å². The first-order valence-electron chi connectivity index (χ1n) is 9.90. The Hall–Kier alpha value is -3.09. The Kier molecular flexibility index (Phi) is 7.44. The highest BCUT2D eigenvalue weighted by molar-refractivity contribution is 5.79. The molecule has 7 heteroatoms. The van der Waals surface area contributed by atoms with Crippen molar-refractivity contribution in [3.05, 3.63) is 54.2 Å². The number of carbonyl (C=O) groups excluding carboxylic acids is 2. The van der Waals surface area contributed by atoms with Crippen LogP contribution in [0.2, 0.25) is 0 Å². The van der Waals surface area contributed by atoms with E-state index in [0.29, 0.717) is 51.6 Å². The summed E-state index contributed by atoms with van der Waals surface area (Å²) in [5.74, 6) is 1.40. The Morgan fingerprint density at radius 2 is 1.79 bits per heavy atom. The summed E-state index contributed by atoms with van der Waals surface area (Å²) >= 11 is 0. The monoisotopic (exact) mass is 397 g/mol. The summed E-state index contributed by atoms with van der Waals surface area (Å²) in [7, 11) is 0. The molecule has 0 spiro atoms. The molecule has 0 atom stereocenters. The summed E-state index contributed by atoms with van der Waals surface area (Å²) in [6, 6.07) is 13.2. The molecule has 1 aliphatic rings. The van der Waals surface area contributed by atoms with E-state index in [4.69, 9.17) is 9.47 Å². The number of amides is 2. The lowest BCUT2D eigenvalue weighted by molar-refractivity contribution is -0.134. The van der Waals surface area contributed by atoms with Crippen LogP contribution in [0.5, 0.6) is 11.6 Å². The van der Waals surface area contributed by atoms with Crippen LogP contribution < -0.4 is 14.8 Å². The second-order valence-electron chi connectivity index (χ2n) is 7.01. The number of hydrogen-bond acceptors (Lipinski definition) is 5. The largest absolute Gasteiger partial charge is 0.490 e. The zero-order chi connectivity index (χ0) is 20.5. The topological polar surface area (TPSA) is 80.8 Å². The van der Waals surface area contributed by atoms with E-state index in [1.54, 1.807) is 24.1 Å². The fourth-order valence-electron chi connectivity index (χ4n) is 3.21. The van der Waals surface area contributed by atoms with Crippen LogP contribution in [0.4, 0.5) is 0 Å². The van der Waals surface area contributed by atoms with Crippen molar-refractivity contribution < 1.29 is 19.1 Å². The van der Waals surface area contributed by atoms with Crippen molar-refractivity contribution in [2.24, 2.45) is 5.92 Å². The van der Waals surface area contributed by atoms with Crippen LogP contribution in [0.15, 0.2) is 48.7 Å². The maximum Gasteiger partial charge on any atom is 0.223 e. The summed E-state index contributed by atoms with van der Waals surface area (Å²) in [6.45, 7) is 4.13. The molecule has 154 valence electrons. The summed E-state index contributed by atoms with van der Waals surface area (Å²) in [6.07, 6.45) is 3.12. The van der Waals surface area contributed by atoms with Gasteiger partial charge in [0.25, 0.3) is 0 Å². The van der Waals surface area contributed by atoms with Crippen molar-refractivity contribution >= 4 is 11.8 Å². The lowest BCUT2D eigenvalue weighted by Gasteiger charge is -2.30. The normalized spacial score (nSPS) is 14.3. The van der Waals surface area contributed by atoms with Gasteiger partial charge in [0.2, 0.25) is 17.7 Å². The van der Waals surface area contributed by atoms with Crippen molar-refractivity contribution in [1.82, 2.24) is 15.2 Å². The quantitative estimate of drug-likeness (QED) is 0.692. The minimum absolute atomic E-state index is 0.0339. The van der Waals surface area contributed by atoms with Gasteiger partial charge in [-0.25, -0.2) is 4.98 Å². The first-order valence-corrected chi connectivity index (χ1v) is 9.90. The number of carbonyl (C=O) groups is 2. The molecule has 1 aromatic heterocycles. The molecule has 0 unspecified atom stereocenters. The minimum Gasteiger partial charge on any atom is -0.490 e. The Balaban J connectivity index is 1.35. The number of ether oxygens (including phenoxy) is 2. The molecule has 0 bridgehead atoms.